The van der Waals surface area contributed by atoms with E-state index in [4.69, 9.17) is 28.5 Å². The van der Waals surface area contributed by atoms with E-state index in [2.05, 4.69) is 21.2 Å². The largest absolute Gasteiger partial charge is 0.321 e. The third-order valence-electron chi connectivity index (χ3n) is 2.52. The molecule has 0 aromatic heterocycles. The molecule has 0 heterocycles. The van der Waals surface area contributed by atoms with E-state index >= 15 is 0 Å². The summed E-state index contributed by atoms with van der Waals surface area (Å²) < 4.78 is 0.781. The van der Waals surface area contributed by atoms with Gasteiger partial charge in [0, 0.05) is 4.47 Å². The summed E-state index contributed by atoms with van der Waals surface area (Å²) in [5, 5.41) is 12.2. The number of nitrogens with zero attached hydrogens (tertiary/aromatic N) is 1. The van der Waals surface area contributed by atoms with Crippen LogP contribution in [0.1, 0.15) is 15.9 Å². The van der Waals surface area contributed by atoms with Crippen LogP contribution in [0, 0.1) is 11.3 Å². The van der Waals surface area contributed by atoms with Gasteiger partial charge in [-0.2, -0.15) is 5.26 Å². The topological polar surface area (TPSA) is 52.9 Å². The van der Waals surface area contributed by atoms with Crippen molar-refractivity contribution in [3.05, 3.63) is 62.0 Å². The standard InChI is InChI=1S/C14H7BrCl2N2O/c15-9-2-3-10(12(17)6-9)14(20)19-13-5-8(7-18)1-4-11(13)16/h1-6H,(H,19,20). The fourth-order valence-corrected chi connectivity index (χ4v) is 2.48. The summed E-state index contributed by atoms with van der Waals surface area (Å²) in [6, 6.07) is 11.6. The zero-order valence-corrected chi connectivity index (χ0v) is 13.1. The van der Waals surface area contributed by atoms with Gasteiger partial charge in [-0.1, -0.05) is 39.1 Å². The molecule has 20 heavy (non-hydrogen) atoms. The second-order valence-corrected chi connectivity index (χ2v) is 5.61. The van der Waals surface area contributed by atoms with Gasteiger partial charge in [-0.05, 0) is 36.4 Å². The van der Waals surface area contributed by atoms with E-state index in [1.54, 1.807) is 30.3 Å². The first kappa shape index (κ1) is 14.9. The number of nitrogens with one attached hydrogen (secondary N) is 1. The first-order chi connectivity index (χ1) is 9.51. The van der Waals surface area contributed by atoms with Gasteiger partial charge >= 0.3 is 0 Å². The molecule has 0 saturated carbocycles. The fraction of sp³-hybridized carbons (Fsp3) is 0. The molecule has 0 atom stereocenters. The molecule has 0 unspecified atom stereocenters. The Labute approximate surface area is 134 Å². The van der Waals surface area contributed by atoms with Gasteiger partial charge in [0.1, 0.15) is 0 Å². The molecule has 1 N–H and O–H groups in total. The van der Waals surface area contributed by atoms with Crippen molar-refractivity contribution in [1.82, 2.24) is 0 Å². The molecule has 2 aromatic rings. The number of amides is 1. The van der Waals surface area contributed by atoms with Crippen LogP contribution in [0.15, 0.2) is 40.9 Å². The van der Waals surface area contributed by atoms with Crippen LogP contribution >= 0.6 is 39.1 Å². The third-order valence-corrected chi connectivity index (χ3v) is 3.65. The second-order valence-electron chi connectivity index (χ2n) is 3.88. The van der Waals surface area contributed by atoms with Crippen molar-refractivity contribution in [2.75, 3.05) is 5.32 Å². The number of hydrogen-bond donors (Lipinski definition) is 1. The summed E-state index contributed by atoms with van der Waals surface area (Å²) in [5.41, 5.74) is 1.11. The number of carbonyl (C=O) groups is 1. The van der Waals surface area contributed by atoms with Crippen molar-refractivity contribution in [3.8, 4) is 6.07 Å². The summed E-state index contributed by atoms with van der Waals surface area (Å²) in [7, 11) is 0. The number of benzene rings is 2. The number of rotatable bonds is 2. The summed E-state index contributed by atoms with van der Waals surface area (Å²) in [6.45, 7) is 0. The maximum absolute atomic E-state index is 12.1. The molecule has 1 amide bonds. The number of nitriles is 1. The average molecular weight is 370 g/mol. The Morgan fingerprint density at radius 3 is 2.55 bits per heavy atom. The SMILES string of the molecule is N#Cc1ccc(Cl)c(NC(=O)c2ccc(Br)cc2Cl)c1. The minimum atomic E-state index is -0.389. The maximum atomic E-state index is 12.1. The molecule has 0 spiro atoms. The van der Waals surface area contributed by atoms with Gasteiger partial charge < -0.3 is 5.32 Å². The molecule has 100 valence electrons. The van der Waals surface area contributed by atoms with E-state index in [0.717, 1.165) is 4.47 Å². The van der Waals surface area contributed by atoms with Crippen LogP contribution in [0.25, 0.3) is 0 Å². The molecule has 6 heteroatoms. The second kappa shape index (κ2) is 6.27. The Hall–Kier alpha value is -1.54. The Kier molecular flexibility index (Phi) is 4.66. The Morgan fingerprint density at radius 1 is 1.15 bits per heavy atom. The number of anilines is 1. The van der Waals surface area contributed by atoms with Crippen LogP contribution in [0.4, 0.5) is 5.69 Å². The lowest BCUT2D eigenvalue weighted by Crippen LogP contribution is -2.12. The third kappa shape index (κ3) is 3.31. The van der Waals surface area contributed by atoms with Crippen molar-refractivity contribution < 1.29 is 4.79 Å². The van der Waals surface area contributed by atoms with E-state index in [1.165, 1.54) is 6.07 Å². The van der Waals surface area contributed by atoms with Gasteiger partial charge in [-0.3, -0.25) is 4.79 Å². The summed E-state index contributed by atoms with van der Waals surface area (Å²) in [6.07, 6.45) is 0. The lowest BCUT2D eigenvalue weighted by Gasteiger charge is -2.09. The molecule has 0 bridgehead atoms. The first-order valence-corrected chi connectivity index (χ1v) is 7.02. The fourth-order valence-electron chi connectivity index (χ4n) is 1.55. The Balaban J connectivity index is 2.30. The van der Waals surface area contributed by atoms with E-state index < -0.39 is 0 Å². The summed E-state index contributed by atoms with van der Waals surface area (Å²) >= 11 is 15.3. The van der Waals surface area contributed by atoms with Crippen LogP contribution in [-0.4, -0.2) is 5.91 Å². The number of carbonyl (C=O) groups excluding carboxylic acids is 1. The van der Waals surface area contributed by atoms with E-state index in [0.29, 0.717) is 26.9 Å². The van der Waals surface area contributed by atoms with Crippen molar-refractivity contribution in [3.63, 3.8) is 0 Å². The van der Waals surface area contributed by atoms with Gasteiger partial charge in [0.2, 0.25) is 0 Å². The van der Waals surface area contributed by atoms with Crippen molar-refractivity contribution in [2.45, 2.75) is 0 Å². The zero-order valence-electron chi connectivity index (χ0n) is 9.95. The highest BCUT2D eigenvalue weighted by molar-refractivity contribution is 9.10. The Morgan fingerprint density at radius 2 is 1.90 bits per heavy atom. The first-order valence-electron chi connectivity index (χ1n) is 5.47. The molecule has 2 rings (SSSR count). The lowest BCUT2D eigenvalue weighted by atomic mass is 10.2. The molecule has 0 aliphatic rings. The van der Waals surface area contributed by atoms with E-state index in [1.807, 2.05) is 6.07 Å². The predicted molar refractivity (Wildman–Crippen MR) is 83.3 cm³/mol. The van der Waals surface area contributed by atoms with E-state index in [9.17, 15) is 4.79 Å². The highest BCUT2D eigenvalue weighted by atomic mass is 79.9. The maximum Gasteiger partial charge on any atom is 0.257 e. The molecular weight excluding hydrogens is 363 g/mol. The van der Waals surface area contributed by atoms with Crippen LogP contribution in [-0.2, 0) is 0 Å². The zero-order chi connectivity index (χ0) is 14.7. The average Bonchev–Trinajstić information content (AvgIpc) is 2.41. The highest BCUT2D eigenvalue weighted by Crippen LogP contribution is 2.26. The van der Waals surface area contributed by atoms with Crippen LogP contribution in [0.3, 0.4) is 0 Å². The van der Waals surface area contributed by atoms with Gasteiger partial charge in [0.15, 0.2) is 0 Å². The minimum Gasteiger partial charge on any atom is -0.321 e. The van der Waals surface area contributed by atoms with Gasteiger partial charge in [-0.15, -0.1) is 0 Å². The molecule has 0 saturated heterocycles. The molecule has 3 nitrogen and oxygen atoms in total. The molecule has 0 aliphatic heterocycles. The van der Waals surface area contributed by atoms with Crippen LogP contribution in [0.5, 0.6) is 0 Å². The van der Waals surface area contributed by atoms with Crippen molar-refractivity contribution in [1.29, 1.82) is 5.26 Å². The monoisotopic (exact) mass is 368 g/mol. The summed E-state index contributed by atoms with van der Waals surface area (Å²) in [5.74, 6) is -0.389. The van der Waals surface area contributed by atoms with Crippen molar-refractivity contribution in [2.24, 2.45) is 0 Å². The van der Waals surface area contributed by atoms with E-state index in [-0.39, 0.29) is 5.91 Å². The van der Waals surface area contributed by atoms with Crippen LogP contribution in [0.2, 0.25) is 10.0 Å². The molecule has 0 aliphatic carbocycles. The number of halogens is 3. The van der Waals surface area contributed by atoms with Gasteiger partial charge in [0.25, 0.3) is 5.91 Å². The minimum absolute atomic E-state index is 0.324. The van der Waals surface area contributed by atoms with Gasteiger partial charge in [0.05, 0.1) is 32.9 Å². The number of hydrogen-bond acceptors (Lipinski definition) is 2. The lowest BCUT2D eigenvalue weighted by molar-refractivity contribution is 0.102. The molecule has 2 aromatic carbocycles. The van der Waals surface area contributed by atoms with Crippen LogP contribution < -0.4 is 5.32 Å². The predicted octanol–water partition coefficient (Wildman–Crippen LogP) is 4.88. The normalized spacial score (nSPS) is 9.90. The molecule has 0 radical (unpaired) electrons. The molecule has 0 fully saturated rings. The molecular formula is C14H7BrCl2N2O. The summed E-state index contributed by atoms with van der Waals surface area (Å²) in [4.78, 5) is 12.1. The van der Waals surface area contributed by atoms with Crippen molar-refractivity contribution >= 4 is 50.7 Å². The quantitative estimate of drug-likeness (QED) is 0.820. The van der Waals surface area contributed by atoms with Gasteiger partial charge in [-0.25, -0.2) is 0 Å². The smallest absolute Gasteiger partial charge is 0.257 e. The Bertz CT molecular complexity index is 726. The highest BCUT2D eigenvalue weighted by Gasteiger charge is 2.12.